The Balaban J connectivity index is 2.15. The van der Waals surface area contributed by atoms with Crippen LogP contribution in [0, 0.1) is 6.92 Å². The fourth-order valence-corrected chi connectivity index (χ4v) is 2.22. The first-order valence-corrected chi connectivity index (χ1v) is 5.98. The molecule has 3 N–H and O–H groups in total. The highest BCUT2D eigenvalue weighted by Gasteiger charge is 2.15. The number of carbonyl (C=O) groups is 1. The van der Waals surface area contributed by atoms with E-state index in [1.165, 1.54) is 0 Å². The molecule has 1 heterocycles. The van der Waals surface area contributed by atoms with E-state index >= 15 is 0 Å². The largest absolute Gasteiger partial charge is 0.478 e. The predicted molar refractivity (Wildman–Crippen MR) is 67.7 cm³/mol. The van der Waals surface area contributed by atoms with E-state index in [4.69, 9.17) is 5.11 Å². The molecule has 1 aliphatic rings. The Kier molecular flexibility index (Phi) is 3.64. The van der Waals surface area contributed by atoms with Crippen molar-refractivity contribution in [3.05, 3.63) is 29.3 Å². The average molecular weight is 234 g/mol. The molecule has 1 aromatic carbocycles. The van der Waals surface area contributed by atoms with Crippen molar-refractivity contribution in [1.29, 1.82) is 0 Å². The lowest BCUT2D eigenvalue weighted by Gasteiger charge is -2.25. The fraction of sp³-hybridized carbons (Fsp3) is 0.462. The quantitative estimate of drug-likeness (QED) is 0.747. The zero-order valence-electron chi connectivity index (χ0n) is 9.99. The van der Waals surface area contributed by atoms with E-state index in [0.29, 0.717) is 11.6 Å². The summed E-state index contributed by atoms with van der Waals surface area (Å²) in [4.78, 5) is 11.0. The Hall–Kier alpha value is -1.55. The highest BCUT2D eigenvalue weighted by molar-refractivity contribution is 5.91. The first-order valence-electron chi connectivity index (χ1n) is 5.98. The minimum absolute atomic E-state index is 0.374. The van der Waals surface area contributed by atoms with Gasteiger partial charge in [-0.1, -0.05) is 6.07 Å². The van der Waals surface area contributed by atoms with Gasteiger partial charge in [-0.05, 0) is 44.0 Å². The first-order chi connectivity index (χ1) is 8.18. The van der Waals surface area contributed by atoms with Crippen LogP contribution in [0.2, 0.25) is 0 Å². The van der Waals surface area contributed by atoms with Crippen LogP contribution in [0.5, 0.6) is 0 Å². The number of piperidine rings is 1. The summed E-state index contributed by atoms with van der Waals surface area (Å²) < 4.78 is 0. The Bertz CT molecular complexity index is 412. The smallest absolute Gasteiger partial charge is 0.336 e. The summed E-state index contributed by atoms with van der Waals surface area (Å²) in [5.74, 6) is -0.868. The molecule has 0 amide bonds. The summed E-state index contributed by atoms with van der Waals surface area (Å²) in [6.45, 7) is 3.87. The lowest BCUT2D eigenvalue weighted by Crippen LogP contribution is -2.38. The van der Waals surface area contributed by atoms with Gasteiger partial charge in [0.2, 0.25) is 0 Å². The zero-order chi connectivity index (χ0) is 12.3. The van der Waals surface area contributed by atoms with Gasteiger partial charge < -0.3 is 15.7 Å². The van der Waals surface area contributed by atoms with E-state index in [1.807, 2.05) is 13.0 Å². The van der Waals surface area contributed by atoms with Crippen LogP contribution in [0.3, 0.4) is 0 Å². The third-order valence-electron chi connectivity index (χ3n) is 3.22. The van der Waals surface area contributed by atoms with E-state index in [2.05, 4.69) is 10.6 Å². The van der Waals surface area contributed by atoms with Gasteiger partial charge in [0.05, 0.1) is 5.56 Å². The number of carboxylic acids is 1. The molecular formula is C13H18N2O2. The Morgan fingerprint density at radius 2 is 2.35 bits per heavy atom. The molecule has 4 nitrogen and oxygen atoms in total. The van der Waals surface area contributed by atoms with Crippen LogP contribution in [0.15, 0.2) is 18.2 Å². The highest BCUT2D eigenvalue weighted by Crippen LogP contribution is 2.21. The van der Waals surface area contributed by atoms with Crippen LogP contribution in [0.4, 0.5) is 5.69 Å². The van der Waals surface area contributed by atoms with Crippen molar-refractivity contribution in [2.45, 2.75) is 25.8 Å². The predicted octanol–water partition coefficient (Wildman–Crippen LogP) is 1.86. The molecule has 0 aliphatic carbocycles. The molecule has 1 fully saturated rings. The molecule has 1 saturated heterocycles. The lowest BCUT2D eigenvalue weighted by atomic mass is 10.0. The van der Waals surface area contributed by atoms with E-state index in [-0.39, 0.29) is 0 Å². The third kappa shape index (κ3) is 2.77. The molecule has 0 spiro atoms. The number of rotatable bonds is 3. The molecule has 92 valence electrons. The van der Waals surface area contributed by atoms with Crippen molar-refractivity contribution in [3.8, 4) is 0 Å². The zero-order valence-corrected chi connectivity index (χ0v) is 9.99. The van der Waals surface area contributed by atoms with Gasteiger partial charge in [-0.15, -0.1) is 0 Å². The number of anilines is 1. The van der Waals surface area contributed by atoms with E-state index in [9.17, 15) is 4.79 Å². The number of benzene rings is 1. The van der Waals surface area contributed by atoms with E-state index in [1.54, 1.807) is 12.1 Å². The number of hydrogen-bond donors (Lipinski definition) is 3. The molecule has 1 unspecified atom stereocenters. The van der Waals surface area contributed by atoms with Gasteiger partial charge in [-0.25, -0.2) is 4.79 Å². The summed E-state index contributed by atoms with van der Waals surface area (Å²) in [6, 6.07) is 5.76. The van der Waals surface area contributed by atoms with E-state index < -0.39 is 5.97 Å². The second-order valence-corrected chi connectivity index (χ2v) is 4.47. The summed E-state index contributed by atoms with van der Waals surface area (Å²) in [7, 11) is 0. The molecule has 0 saturated carbocycles. The summed E-state index contributed by atoms with van der Waals surface area (Å²) in [6.07, 6.45) is 2.29. The molecule has 0 aromatic heterocycles. The maximum absolute atomic E-state index is 11.0. The Labute approximate surface area is 101 Å². The number of nitrogens with one attached hydrogen (secondary N) is 2. The minimum atomic E-state index is -0.868. The minimum Gasteiger partial charge on any atom is -0.478 e. The topological polar surface area (TPSA) is 61.4 Å². The molecule has 4 heteroatoms. The van der Waals surface area contributed by atoms with Gasteiger partial charge in [-0.2, -0.15) is 0 Å². The SMILES string of the molecule is Cc1c(NC2CCCNC2)cccc1C(=O)O. The van der Waals surface area contributed by atoms with Crippen LogP contribution >= 0.6 is 0 Å². The van der Waals surface area contributed by atoms with Crippen molar-refractivity contribution in [2.24, 2.45) is 0 Å². The van der Waals surface area contributed by atoms with Gasteiger partial charge in [-0.3, -0.25) is 0 Å². The summed E-state index contributed by atoms with van der Waals surface area (Å²) >= 11 is 0. The monoisotopic (exact) mass is 234 g/mol. The summed E-state index contributed by atoms with van der Waals surface area (Å²) in [5.41, 5.74) is 2.11. The van der Waals surface area contributed by atoms with E-state index in [0.717, 1.165) is 37.2 Å². The average Bonchev–Trinajstić information content (AvgIpc) is 2.33. The van der Waals surface area contributed by atoms with Crippen LogP contribution in [-0.2, 0) is 0 Å². The lowest BCUT2D eigenvalue weighted by molar-refractivity contribution is 0.0696. The molecule has 0 radical (unpaired) electrons. The molecule has 1 aliphatic heterocycles. The van der Waals surface area contributed by atoms with Gasteiger partial charge >= 0.3 is 5.97 Å². The molecule has 2 rings (SSSR count). The number of hydrogen-bond acceptors (Lipinski definition) is 3. The van der Waals surface area contributed by atoms with Gasteiger partial charge in [0.15, 0.2) is 0 Å². The van der Waals surface area contributed by atoms with Gasteiger partial charge in [0.1, 0.15) is 0 Å². The molecule has 17 heavy (non-hydrogen) atoms. The standard InChI is InChI=1S/C13H18N2O2/c1-9-11(13(16)17)5-2-6-12(9)15-10-4-3-7-14-8-10/h2,5-6,10,14-15H,3-4,7-8H2,1H3,(H,16,17). The van der Waals surface area contributed by atoms with Crippen LogP contribution in [-0.4, -0.2) is 30.2 Å². The molecular weight excluding hydrogens is 216 g/mol. The number of carboxylic acid groups (broad SMARTS) is 1. The highest BCUT2D eigenvalue weighted by atomic mass is 16.4. The second kappa shape index (κ2) is 5.19. The van der Waals surface area contributed by atoms with Crippen molar-refractivity contribution in [3.63, 3.8) is 0 Å². The normalized spacial score (nSPS) is 19.9. The van der Waals surface area contributed by atoms with Crippen molar-refractivity contribution >= 4 is 11.7 Å². The number of aromatic carboxylic acids is 1. The third-order valence-corrected chi connectivity index (χ3v) is 3.22. The van der Waals surface area contributed by atoms with Crippen molar-refractivity contribution < 1.29 is 9.90 Å². The Morgan fingerprint density at radius 1 is 1.53 bits per heavy atom. The van der Waals surface area contributed by atoms with Crippen LogP contribution < -0.4 is 10.6 Å². The van der Waals surface area contributed by atoms with Crippen LogP contribution in [0.1, 0.15) is 28.8 Å². The van der Waals surface area contributed by atoms with Gasteiger partial charge in [0.25, 0.3) is 0 Å². The maximum Gasteiger partial charge on any atom is 0.336 e. The molecule has 1 aromatic rings. The van der Waals surface area contributed by atoms with Crippen molar-refractivity contribution in [2.75, 3.05) is 18.4 Å². The maximum atomic E-state index is 11.0. The molecule has 1 atom stereocenters. The Morgan fingerprint density at radius 3 is 3.00 bits per heavy atom. The fourth-order valence-electron chi connectivity index (χ4n) is 2.22. The first kappa shape index (κ1) is 11.9. The van der Waals surface area contributed by atoms with Crippen molar-refractivity contribution in [1.82, 2.24) is 5.32 Å². The molecule has 0 bridgehead atoms. The van der Waals surface area contributed by atoms with Gasteiger partial charge in [0, 0.05) is 18.3 Å². The van der Waals surface area contributed by atoms with Crippen LogP contribution in [0.25, 0.3) is 0 Å². The summed E-state index contributed by atoms with van der Waals surface area (Å²) in [5, 5.41) is 15.8. The second-order valence-electron chi connectivity index (χ2n) is 4.47.